The van der Waals surface area contributed by atoms with Crippen LogP contribution in [0.1, 0.15) is 64.0 Å². The summed E-state index contributed by atoms with van der Waals surface area (Å²) in [5.74, 6) is -2.63. The summed E-state index contributed by atoms with van der Waals surface area (Å²) in [4.78, 5) is 61.5. The Morgan fingerprint density at radius 1 is 0.744 bits per heavy atom. The summed E-state index contributed by atoms with van der Waals surface area (Å²) in [5.41, 5.74) is 0.799. The minimum atomic E-state index is -1.26. The molecule has 0 aliphatic rings. The first-order valence-corrected chi connectivity index (χ1v) is 14.1. The number of aliphatic carboxylic acids is 1. The molecule has 12 nitrogen and oxygen atoms in total. The summed E-state index contributed by atoms with van der Waals surface area (Å²) in [6.07, 6.45) is -0.947. The average Bonchev–Trinajstić information content (AvgIpc) is 2.96. The van der Waals surface area contributed by atoms with E-state index in [0.29, 0.717) is 12.8 Å². The molecule has 2 atom stereocenters. The van der Waals surface area contributed by atoms with Crippen molar-refractivity contribution in [3.05, 3.63) is 71.8 Å². The smallest absolute Gasteiger partial charge is 0.408 e. The average molecular weight is 600 g/mol. The van der Waals surface area contributed by atoms with Crippen molar-refractivity contribution in [1.82, 2.24) is 16.0 Å². The van der Waals surface area contributed by atoms with Gasteiger partial charge in [0.15, 0.2) is 0 Å². The number of hydrogen-bond donors (Lipinski definition) is 4. The zero-order valence-corrected chi connectivity index (χ0v) is 24.8. The van der Waals surface area contributed by atoms with Gasteiger partial charge in [0, 0.05) is 13.0 Å². The number of carboxylic acids is 1. The molecule has 0 saturated heterocycles. The summed E-state index contributed by atoms with van der Waals surface area (Å²) in [7, 11) is 0. The lowest BCUT2D eigenvalue weighted by Gasteiger charge is -2.24. The molecule has 0 heterocycles. The lowest BCUT2D eigenvalue weighted by Crippen LogP contribution is -2.52. The third-order valence-corrected chi connectivity index (χ3v) is 5.90. The quantitative estimate of drug-likeness (QED) is 0.126. The molecular formula is C31H41N3O9. The molecule has 0 aliphatic heterocycles. The normalized spacial score (nSPS) is 12.3. The molecule has 2 aromatic carbocycles. The van der Waals surface area contributed by atoms with Crippen LogP contribution in [0.3, 0.4) is 0 Å². The second-order valence-electron chi connectivity index (χ2n) is 10.8. The minimum Gasteiger partial charge on any atom is -0.480 e. The van der Waals surface area contributed by atoms with Gasteiger partial charge in [-0.1, -0.05) is 60.7 Å². The van der Waals surface area contributed by atoms with Gasteiger partial charge >= 0.3 is 24.1 Å². The van der Waals surface area contributed by atoms with Crippen LogP contribution in [0.4, 0.5) is 9.59 Å². The van der Waals surface area contributed by atoms with Crippen molar-refractivity contribution in [1.29, 1.82) is 0 Å². The van der Waals surface area contributed by atoms with Gasteiger partial charge in [-0.3, -0.25) is 9.59 Å². The summed E-state index contributed by atoms with van der Waals surface area (Å²) in [6, 6.07) is 15.7. The summed E-state index contributed by atoms with van der Waals surface area (Å²) >= 11 is 0. The van der Waals surface area contributed by atoms with Crippen LogP contribution in [0.25, 0.3) is 0 Å². The number of benzene rings is 2. The fourth-order valence-corrected chi connectivity index (χ4v) is 3.76. The molecule has 4 N–H and O–H groups in total. The third kappa shape index (κ3) is 15.3. The molecule has 2 aromatic rings. The van der Waals surface area contributed by atoms with E-state index in [4.69, 9.17) is 14.2 Å². The first-order chi connectivity index (χ1) is 20.4. The van der Waals surface area contributed by atoms with Crippen molar-refractivity contribution in [2.75, 3.05) is 6.54 Å². The summed E-state index contributed by atoms with van der Waals surface area (Å²) in [5, 5.41) is 17.1. The maximum absolute atomic E-state index is 13.0. The van der Waals surface area contributed by atoms with Crippen LogP contribution in [0.5, 0.6) is 0 Å². The summed E-state index contributed by atoms with van der Waals surface area (Å²) in [6.45, 7) is 5.39. The van der Waals surface area contributed by atoms with Crippen LogP contribution in [-0.4, -0.2) is 59.4 Å². The van der Waals surface area contributed by atoms with Crippen LogP contribution in [-0.2, 0) is 41.8 Å². The number of amides is 3. The minimum absolute atomic E-state index is 0.0523. The van der Waals surface area contributed by atoms with Crippen LogP contribution in [0, 0.1) is 0 Å². The summed E-state index contributed by atoms with van der Waals surface area (Å²) < 4.78 is 15.6. The zero-order chi connectivity index (χ0) is 31.7. The van der Waals surface area contributed by atoms with E-state index in [0.717, 1.165) is 11.1 Å². The van der Waals surface area contributed by atoms with Crippen molar-refractivity contribution < 1.29 is 43.3 Å². The zero-order valence-electron chi connectivity index (χ0n) is 24.8. The van der Waals surface area contributed by atoms with Crippen molar-refractivity contribution in [3.8, 4) is 0 Å². The molecule has 0 spiro atoms. The number of rotatable bonds is 16. The molecule has 0 saturated carbocycles. The number of alkyl carbamates (subject to hydrolysis) is 2. The third-order valence-electron chi connectivity index (χ3n) is 5.90. The molecule has 0 fully saturated rings. The highest BCUT2D eigenvalue weighted by molar-refractivity contribution is 5.89. The molecule has 3 amide bonds. The molecule has 0 aliphatic carbocycles. The Labute approximate surface area is 251 Å². The number of carbonyl (C=O) groups is 5. The Balaban J connectivity index is 1.84. The molecule has 0 bridgehead atoms. The monoisotopic (exact) mass is 599 g/mol. The largest absolute Gasteiger partial charge is 0.480 e. The van der Waals surface area contributed by atoms with Gasteiger partial charge < -0.3 is 35.3 Å². The fraction of sp³-hybridized carbons (Fsp3) is 0.452. The molecule has 43 heavy (non-hydrogen) atoms. The van der Waals surface area contributed by atoms with Gasteiger partial charge in [-0.2, -0.15) is 0 Å². The van der Waals surface area contributed by atoms with E-state index < -0.39 is 47.7 Å². The lowest BCUT2D eigenvalue weighted by molar-refractivity contribution is -0.146. The van der Waals surface area contributed by atoms with E-state index in [-0.39, 0.29) is 39.0 Å². The number of esters is 1. The number of unbranched alkanes of at least 4 members (excludes halogenated alkanes) is 1. The highest BCUT2D eigenvalue weighted by Gasteiger charge is 2.28. The van der Waals surface area contributed by atoms with E-state index >= 15 is 0 Å². The molecule has 234 valence electrons. The first-order valence-electron chi connectivity index (χ1n) is 14.1. The van der Waals surface area contributed by atoms with E-state index in [1.807, 2.05) is 48.5 Å². The Morgan fingerprint density at radius 2 is 1.33 bits per heavy atom. The maximum atomic E-state index is 13.0. The molecule has 12 heteroatoms. The first kappa shape index (κ1) is 34.6. The predicted molar refractivity (Wildman–Crippen MR) is 157 cm³/mol. The molecule has 0 unspecified atom stereocenters. The number of carboxylic acid groups (broad SMARTS) is 1. The van der Waals surface area contributed by atoms with E-state index in [9.17, 15) is 29.1 Å². The highest BCUT2D eigenvalue weighted by atomic mass is 16.6. The van der Waals surface area contributed by atoms with E-state index in [2.05, 4.69) is 16.0 Å². The maximum Gasteiger partial charge on any atom is 0.408 e. The van der Waals surface area contributed by atoms with Gasteiger partial charge in [0.05, 0.1) is 0 Å². The fourth-order valence-electron chi connectivity index (χ4n) is 3.76. The number of nitrogens with one attached hydrogen (secondary N) is 3. The lowest BCUT2D eigenvalue weighted by atomic mass is 10.1. The SMILES string of the molecule is CC(C)(C)OC(=O)N[C@@H](CCC(=O)OCc1ccccc1)C(=O)N[C@@H](CCCCNC(=O)OCc1ccccc1)C(=O)O. The molecule has 0 radical (unpaired) electrons. The van der Waals surface area contributed by atoms with Gasteiger partial charge in [-0.15, -0.1) is 0 Å². The van der Waals surface area contributed by atoms with Gasteiger partial charge in [-0.05, 0) is 57.6 Å². The second-order valence-corrected chi connectivity index (χ2v) is 10.8. The van der Waals surface area contributed by atoms with Crippen molar-refractivity contribution in [2.24, 2.45) is 0 Å². The predicted octanol–water partition coefficient (Wildman–Crippen LogP) is 4.07. The van der Waals surface area contributed by atoms with Crippen molar-refractivity contribution >= 4 is 30.0 Å². The topological polar surface area (TPSA) is 169 Å². The van der Waals surface area contributed by atoms with Gasteiger partial charge in [0.1, 0.15) is 30.9 Å². The standard InChI is InChI=1S/C31H41N3O9/c1-31(2,3)43-30(40)34-24(17-18-26(35)41-20-22-12-6-4-7-13-22)27(36)33-25(28(37)38)16-10-11-19-32-29(39)42-21-23-14-8-5-9-15-23/h4-9,12-15,24-25H,10-11,16-21H2,1-3H3,(H,32,39)(H,33,36)(H,34,40)(H,37,38)/t24-,25-/m0/s1. The Hall–Kier alpha value is -4.61. The van der Waals surface area contributed by atoms with Crippen LogP contribution in [0.2, 0.25) is 0 Å². The van der Waals surface area contributed by atoms with E-state index in [1.54, 1.807) is 32.9 Å². The second kappa shape index (κ2) is 18.0. The number of ether oxygens (including phenoxy) is 3. The Kier molecular flexibility index (Phi) is 14.5. The molecule has 0 aromatic heterocycles. The molecular weight excluding hydrogens is 558 g/mol. The molecule has 2 rings (SSSR count). The highest BCUT2D eigenvalue weighted by Crippen LogP contribution is 2.10. The van der Waals surface area contributed by atoms with Crippen LogP contribution < -0.4 is 16.0 Å². The number of hydrogen-bond acceptors (Lipinski definition) is 8. The van der Waals surface area contributed by atoms with Crippen molar-refractivity contribution in [3.63, 3.8) is 0 Å². The Bertz CT molecular complexity index is 1180. The van der Waals surface area contributed by atoms with Gasteiger partial charge in [0.2, 0.25) is 5.91 Å². The van der Waals surface area contributed by atoms with Crippen LogP contribution >= 0.6 is 0 Å². The van der Waals surface area contributed by atoms with Gasteiger partial charge in [0.25, 0.3) is 0 Å². The van der Waals surface area contributed by atoms with Gasteiger partial charge in [-0.25, -0.2) is 14.4 Å². The number of carbonyl (C=O) groups excluding carboxylic acids is 4. The Morgan fingerprint density at radius 3 is 1.88 bits per heavy atom. The van der Waals surface area contributed by atoms with Crippen LogP contribution in [0.15, 0.2) is 60.7 Å². The van der Waals surface area contributed by atoms with Crippen molar-refractivity contribution in [2.45, 2.75) is 83.8 Å². The van der Waals surface area contributed by atoms with E-state index in [1.165, 1.54) is 0 Å².